The maximum absolute atomic E-state index is 11.6. The maximum atomic E-state index is 11.6. The molecular weight excluding hydrogens is 256 g/mol. The molecule has 5 nitrogen and oxygen atoms in total. The lowest BCUT2D eigenvalue weighted by molar-refractivity contribution is -0.131. The number of methoxy groups -OCH3 is 1. The molecule has 0 radical (unpaired) electrons. The number of carbonyl (C=O) groups is 2. The Labute approximate surface area is 119 Å². The van der Waals surface area contributed by atoms with Gasteiger partial charge in [-0.1, -0.05) is 6.92 Å². The van der Waals surface area contributed by atoms with Crippen molar-refractivity contribution < 1.29 is 14.3 Å². The predicted molar refractivity (Wildman–Crippen MR) is 76.9 cm³/mol. The van der Waals surface area contributed by atoms with Crippen LogP contribution in [0.4, 0.5) is 5.69 Å². The number of ether oxygens (including phenoxy) is 1. The summed E-state index contributed by atoms with van der Waals surface area (Å²) in [6, 6.07) is 7.38. The molecule has 108 valence electrons. The molecule has 0 aromatic heterocycles. The van der Waals surface area contributed by atoms with Gasteiger partial charge in [0.1, 0.15) is 0 Å². The van der Waals surface area contributed by atoms with Crippen molar-refractivity contribution in [3.8, 4) is 0 Å². The minimum absolute atomic E-state index is 0.214. The van der Waals surface area contributed by atoms with E-state index in [2.05, 4.69) is 9.64 Å². The summed E-state index contributed by atoms with van der Waals surface area (Å²) < 4.78 is 4.68. The van der Waals surface area contributed by atoms with E-state index in [4.69, 9.17) is 0 Å². The first-order valence-corrected chi connectivity index (χ1v) is 6.86. The SMILES string of the molecule is CCC(=O)N1CCN(c2ccc(C(=O)OC)cc2)CC1. The number of piperazine rings is 1. The van der Waals surface area contributed by atoms with Crippen LogP contribution in [0, 0.1) is 0 Å². The van der Waals surface area contributed by atoms with Crippen molar-refractivity contribution in [1.82, 2.24) is 4.90 Å². The standard InChI is InChI=1S/C15H20N2O3/c1-3-14(18)17-10-8-16(9-11-17)13-6-4-12(5-7-13)15(19)20-2/h4-7H,3,8-11H2,1-2H3. The topological polar surface area (TPSA) is 49.9 Å². The molecule has 0 saturated carbocycles. The van der Waals surface area contributed by atoms with E-state index >= 15 is 0 Å². The number of anilines is 1. The van der Waals surface area contributed by atoms with Crippen LogP contribution >= 0.6 is 0 Å². The van der Waals surface area contributed by atoms with Gasteiger partial charge in [0.25, 0.3) is 0 Å². The summed E-state index contributed by atoms with van der Waals surface area (Å²) in [6.07, 6.45) is 0.563. The number of hydrogen-bond donors (Lipinski definition) is 0. The Morgan fingerprint density at radius 3 is 2.20 bits per heavy atom. The first-order valence-electron chi connectivity index (χ1n) is 6.86. The quantitative estimate of drug-likeness (QED) is 0.786. The fourth-order valence-electron chi connectivity index (χ4n) is 2.36. The molecule has 1 aliphatic rings. The third-order valence-electron chi connectivity index (χ3n) is 3.59. The molecule has 0 atom stereocenters. The minimum atomic E-state index is -0.324. The van der Waals surface area contributed by atoms with Crippen LogP contribution in [0.15, 0.2) is 24.3 Å². The van der Waals surface area contributed by atoms with Crippen LogP contribution in [0.3, 0.4) is 0 Å². The van der Waals surface area contributed by atoms with Gasteiger partial charge in [0.2, 0.25) is 5.91 Å². The highest BCUT2D eigenvalue weighted by atomic mass is 16.5. The summed E-state index contributed by atoms with van der Waals surface area (Å²) in [5.41, 5.74) is 1.62. The Kier molecular flexibility index (Phi) is 4.61. The van der Waals surface area contributed by atoms with Crippen molar-refractivity contribution in [2.75, 3.05) is 38.2 Å². The number of benzene rings is 1. The van der Waals surface area contributed by atoms with E-state index in [1.54, 1.807) is 12.1 Å². The highest BCUT2D eigenvalue weighted by Gasteiger charge is 2.20. The molecule has 0 bridgehead atoms. The highest BCUT2D eigenvalue weighted by Crippen LogP contribution is 2.18. The van der Waals surface area contributed by atoms with Crippen LogP contribution in [-0.2, 0) is 9.53 Å². The lowest BCUT2D eigenvalue weighted by Gasteiger charge is -2.36. The first-order chi connectivity index (χ1) is 9.65. The summed E-state index contributed by atoms with van der Waals surface area (Å²) in [7, 11) is 1.38. The Balaban J connectivity index is 1.97. The van der Waals surface area contributed by atoms with E-state index in [0.29, 0.717) is 12.0 Å². The largest absolute Gasteiger partial charge is 0.465 e. The second kappa shape index (κ2) is 6.41. The van der Waals surface area contributed by atoms with Gasteiger partial charge in [-0.2, -0.15) is 0 Å². The molecule has 1 fully saturated rings. The molecule has 1 amide bonds. The number of rotatable bonds is 3. The predicted octanol–water partition coefficient (Wildman–Crippen LogP) is 1.53. The summed E-state index contributed by atoms with van der Waals surface area (Å²) in [4.78, 5) is 27.1. The molecule has 1 heterocycles. The second-order valence-electron chi connectivity index (χ2n) is 4.76. The zero-order valence-electron chi connectivity index (χ0n) is 12.0. The Morgan fingerprint density at radius 2 is 1.70 bits per heavy atom. The van der Waals surface area contributed by atoms with Crippen molar-refractivity contribution in [1.29, 1.82) is 0 Å². The lowest BCUT2D eigenvalue weighted by Crippen LogP contribution is -2.48. The molecule has 0 unspecified atom stereocenters. The van der Waals surface area contributed by atoms with Gasteiger partial charge in [-0.15, -0.1) is 0 Å². The van der Waals surface area contributed by atoms with E-state index in [1.165, 1.54) is 7.11 Å². The fraction of sp³-hybridized carbons (Fsp3) is 0.467. The molecule has 0 N–H and O–H groups in total. The summed E-state index contributed by atoms with van der Waals surface area (Å²) >= 11 is 0. The van der Waals surface area contributed by atoms with Crippen LogP contribution in [0.2, 0.25) is 0 Å². The normalized spacial score (nSPS) is 15.1. The number of nitrogens with zero attached hydrogens (tertiary/aromatic N) is 2. The van der Waals surface area contributed by atoms with Crippen LogP contribution in [0.5, 0.6) is 0 Å². The average Bonchev–Trinajstić information content (AvgIpc) is 2.53. The van der Waals surface area contributed by atoms with Gasteiger partial charge in [-0.25, -0.2) is 4.79 Å². The molecule has 0 spiro atoms. The maximum Gasteiger partial charge on any atom is 0.337 e. The first kappa shape index (κ1) is 14.4. The smallest absolute Gasteiger partial charge is 0.337 e. The van der Waals surface area contributed by atoms with Crippen LogP contribution in [-0.4, -0.2) is 50.1 Å². The third-order valence-corrected chi connectivity index (χ3v) is 3.59. The fourth-order valence-corrected chi connectivity index (χ4v) is 2.36. The monoisotopic (exact) mass is 276 g/mol. The summed E-state index contributed by atoms with van der Waals surface area (Å²) in [5.74, 6) is -0.111. The molecular formula is C15H20N2O3. The number of amides is 1. The zero-order chi connectivity index (χ0) is 14.5. The van der Waals surface area contributed by atoms with Gasteiger partial charge < -0.3 is 14.5 Å². The van der Waals surface area contributed by atoms with Gasteiger partial charge in [0.15, 0.2) is 0 Å². The number of hydrogen-bond acceptors (Lipinski definition) is 4. The van der Waals surface area contributed by atoms with Crippen molar-refractivity contribution in [3.63, 3.8) is 0 Å². The zero-order valence-corrected chi connectivity index (χ0v) is 12.0. The van der Waals surface area contributed by atoms with E-state index in [0.717, 1.165) is 31.9 Å². The van der Waals surface area contributed by atoms with E-state index < -0.39 is 0 Å². The molecule has 20 heavy (non-hydrogen) atoms. The second-order valence-corrected chi connectivity index (χ2v) is 4.76. The molecule has 2 rings (SSSR count). The molecule has 1 aliphatic heterocycles. The molecule has 0 aliphatic carbocycles. The van der Waals surface area contributed by atoms with Gasteiger partial charge >= 0.3 is 5.97 Å². The molecule has 1 saturated heterocycles. The van der Waals surface area contributed by atoms with Crippen molar-refractivity contribution in [3.05, 3.63) is 29.8 Å². The van der Waals surface area contributed by atoms with E-state index in [-0.39, 0.29) is 11.9 Å². The molecule has 1 aromatic carbocycles. The van der Waals surface area contributed by atoms with E-state index in [9.17, 15) is 9.59 Å². The van der Waals surface area contributed by atoms with Crippen LogP contribution < -0.4 is 4.90 Å². The van der Waals surface area contributed by atoms with Gasteiger partial charge in [0.05, 0.1) is 12.7 Å². The van der Waals surface area contributed by atoms with Gasteiger partial charge in [-0.05, 0) is 24.3 Å². The molecule has 5 heteroatoms. The number of esters is 1. The Bertz CT molecular complexity index is 476. The van der Waals surface area contributed by atoms with Crippen LogP contribution in [0.1, 0.15) is 23.7 Å². The van der Waals surface area contributed by atoms with Gasteiger partial charge in [-0.3, -0.25) is 4.79 Å². The van der Waals surface area contributed by atoms with Crippen molar-refractivity contribution in [2.24, 2.45) is 0 Å². The number of carbonyl (C=O) groups excluding carboxylic acids is 2. The van der Waals surface area contributed by atoms with E-state index in [1.807, 2.05) is 24.0 Å². The Morgan fingerprint density at radius 1 is 1.10 bits per heavy atom. The van der Waals surface area contributed by atoms with Crippen molar-refractivity contribution >= 4 is 17.6 Å². The minimum Gasteiger partial charge on any atom is -0.465 e. The Hall–Kier alpha value is -2.04. The molecule has 1 aromatic rings. The highest BCUT2D eigenvalue weighted by molar-refractivity contribution is 5.89. The average molecular weight is 276 g/mol. The lowest BCUT2D eigenvalue weighted by atomic mass is 10.2. The third kappa shape index (κ3) is 3.10. The van der Waals surface area contributed by atoms with Crippen LogP contribution in [0.25, 0.3) is 0 Å². The summed E-state index contributed by atoms with van der Waals surface area (Å²) in [5, 5.41) is 0. The van der Waals surface area contributed by atoms with Gasteiger partial charge in [0, 0.05) is 38.3 Å². The summed E-state index contributed by atoms with van der Waals surface area (Å²) in [6.45, 7) is 5.05. The van der Waals surface area contributed by atoms with Crippen molar-refractivity contribution in [2.45, 2.75) is 13.3 Å².